The fourth-order valence-corrected chi connectivity index (χ4v) is 1.84. The van der Waals surface area contributed by atoms with Crippen molar-refractivity contribution in [2.24, 2.45) is 5.41 Å². The minimum atomic E-state index is -0.940. The molecule has 2 atom stereocenters. The Morgan fingerprint density at radius 2 is 2.11 bits per heavy atom. The van der Waals surface area contributed by atoms with Crippen molar-refractivity contribution >= 4 is 15.2 Å². The van der Waals surface area contributed by atoms with Crippen LogP contribution in [0.15, 0.2) is 24.3 Å². The van der Waals surface area contributed by atoms with Gasteiger partial charge in [-0.3, -0.25) is 0 Å². The van der Waals surface area contributed by atoms with Gasteiger partial charge in [-0.05, 0) is 16.5 Å². The van der Waals surface area contributed by atoms with Gasteiger partial charge in [0.15, 0.2) is 0 Å². The van der Waals surface area contributed by atoms with E-state index in [0.717, 1.165) is 5.56 Å². The number of ether oxygens (including phenoxy) is 1. The Labute approximate surface area is 111 Å². The summed E-state index contributed by atoms with van der Waals surface area (Å²) in [6, 6.07) is 8.09. The Hall–Kier alpha value is -0.920. The molecule has 0 aromatic heterocycles. The van der Waals surface area contributed by atoms with Gasteiger partial charge in [0.2, 0.25) is 0 Å². The SMILES string of the molecule is CC(C)(C)C(P)c1cccc(COCC(=O)O)c1. The lowest BCUT2D eigenvalue weighted by Gasteiger charge is -2.27. The van der Waals surface area contributed by atoms with Crippen LogP contribution >= 0.6 is 9.24 Å². The predicted molar refractivity (Wildman–Crippen MR) is 75.6 cm³/mol. The summed E-state index contributed by atoms with van der Waals surface area (Å²) in [7, 11) is 2.87. The van der Waals surface area contributed by atoms with Crippen LogP contribution in [0.1, 0.15) is 37.6 Å². The molecule has 18 heavy (non-hydrogen) atoms. The summed E-state index contributed by atoms with van der Waals surface area (Å²) in [6.07, 6.45) is 0. The zero-order valence-electron chi connectivity index (χ0n) is 11.1. The maximum Gasteiger partial charge on any atom is 0.329 e. The first-order chi connectivity index (χ1) is 8.30. The second kappa shape index (κ2) is 6.31. The molecule has 100 valence electrons. The summed E-state index contributed by atoms with van der Waals surface area (Å²) in [5.74, 6) is -0.940. The zero-order valence-corrected chi connectivity index (χ0v) is 12.3. The van der Waals surface area contributed by atoms with E-state index in [0.29, 0.717) is 12.3 Å². The maximum absolute atomic E-state index is 10.4. The van der Waals surface area contributed by atoms with Gasteiger partial charge in [0.25, 0.3) is 0 Å². The smallest absolute Gasteiger partial charge is 0.329 e. The third-order valence-electron chi connectivity index (χ3n) is 2.74. The normalized spacial score (nSPS) is 13.3. The molecule has 0 saturated carbocycles. The molecule has 3 nitrogen and oxygen atoms in total. The number of hydrogen-bond acceptors (Lipinski definition) is 2. The molecule has 0 heterocycles. The number of carboxylic acid groups (broad SMARTS) is 1. The van der Waals surface area contributed by atoms with E-state index >= 15 is 0 Å². The third kappa shape index (κ3) is 4.75. The molecule has 0 spiro atoms. The van der Waals surface area contributed by atoms with E-state index in [1.165, 1.54) is 5.56 Å². The van der Waals surface area contributed by atoms with Gasteiger partial charge in [0.1, 0.15) is 6.61 Å². The van der Waals surface area contributed by atoms with Gasteiger partial charge in [0.05, 0.1) is 6.61 Å². The van der Waals surface area contributed by atoms with Crippen molar-refractivity contribution < 1.29 is 14.6 Å². The van der Waals surface area contributed by atoms with Crippen LogP contribution in [0.25, 0.3) is 0 Å². The molecule has 0 aliphatic rings. The van der Waals surface area contributed by atoms with Gasteiger partial charge in [-0.1, -0.05) is 45.0 Å². The Balaban J connectivity index is 2.70. The van der Waals surface area contributed by atoms with Crippen molar-refractivity contribution in [3.05, 3.63) is 35.4 Å². The Morgan fingerprint density at radius 1 is 1.44 bits per heavy atom. The van der Waals surface area contributed by atoms with Crippen molar-refractivity contribution in [3.63, 3.8) is 0 Å². The monoisotopic (exact) mass is 268 g/mol. The molecule has 2 unspecified atom stereocenters. The number of carbonyl (C=O) groups is 1. The summed E-state index contributed by atoms with van der Waals surface area (Å²) in [5, 5.41) is 8.51. The van der Waals surface area contributed by atoms with Crippen LogP contribution in [0.5, 0.6) is 0 Å². The number of hydrogen-bond donors (Lipinski definition) is 1. The minimum Gasteiger partial charge on any atom is -0.480 e. The second-order valence-electron chi connectivity index (χ2n) is 5.48. The van der Waals surface area contributed by atoms with Crippen LogP contribution in [-0.2, 0) is 16.1 Å². The lowest BCUT2D eigenvalue weighted by Crippen LogP contribution is -2.13. The van der Waals surface area contributed by atoms with Crippen molar-refractivity contribution in [1.82, 2.24) is 0 Å². The Morgan fingerprint density at radius 3 is 2.67 bits per heavy atom. The molecule has 0 fully saturated rings. The first-order valence-corrected chi connectivity index (χ1v) is 6.61. The number of carboxylic acids is 1. The van der Waals surface area contributed by atoms with Crippen molar-refractivity contribution in [3.8, 4) is 0 Å². The highest BCUT2D eigenvalue weighted by molar-refractivity contribution is 7.17. The molecule has 1 aromatic carbocycles. The van der Waals surface area contributed by atoms with Crippen LogP contribution in [0, 0.1) is 5.41 Å². The van der Waals surface area contributed by atoms with E-state index in [1.54, 1.807) is 0 Å². The maximum atomic E-state index is 10.4. The molecule has 0 radical (unpaired) electrons. The molecule has 4 heteroatoms. The lowest BCUT2D eigenvalue weighted by atomic mass is 9.87. The van der Waals surface area contributed by atoms with Crippen molar-refractivity contribution in [1.29, 1.82) is 0 Å². The summed E-state index contributed by atoms with van der Waals surface area (Å²) in [6.45, 7) is 6.66. The molecule has 1 rings (SSSR count). The predicted octanol–water partition coefficient (Wildman–Crippen LogP) is 3.25. The average Bonchev–Trinajstić information content (AvgIpc) is 2.26. The van der Waals surface area contributed by atoms with E-state index in [4.69, 9.17) is 9.84 Å². The molecule has 0 bridgehead atoms. The van der Waals surface area contributed by atoms with Crippen LogP contribution < -0.4 is 0 Å². The van der Waals surface area contributed by atoms with Gasteiger partial charge in [-0.15, -0.1) is 9.24 Å². The number of benzene rings is 1. The third-order valence-corrected chi connectivity index (χ3v) is 4.12. The highest BCUT2D eigenvalue weighted by Gasteiger charge is 2.21. The van der Waals surface area contributed by atoms with Gasteiger partial charge in [-0.2, -0.15) is 0 Å². The van der Waals surface area contributed by atoms with Crippen LogP contribution in [0.4, 0.5) is 0 Å². The van der Waals surface area contributed by atoms with Gasteiger partial charge in [-0.25, -0.2) is 4.79 Å². The summed E-state index contributed by atoms with van der Waals surface area (Å²) in [4.78, 5) is 10.4. The number of aliphatic carboxylic acids is 1. The molecule has 0 amide bonds. The highest BCUT2D eigenvalue weighted by atomic mass is 31.0. The second-order valence-corrected chi connectivity index (χ2v) is 6.14. The fraction of sp³-hybridized carbons (Fsp3) is 0.500. The largest absolute Gasteiger partial charge is 0.480 e. The average molecular weight is 268 g/mol. The topological polar surface area (TPSA) is 46.5 Å². The van der Waals surface area contributed by atoms with E-state index in [-0.39, 0.29) is 12.0 Å². The Bertz CT molecular complexity index is 410. The summed E-state index contributed by atoms with van der Waals surface area (Å²) >= 11 is 0. The van der Waals surface area contributed by atoms with Gasteiger partial charge in [0, 0.05) is 5.66 Å². The van der Waals surface area contributed by atoms with Crippen LogP contribution in [-0.4, -0.2) is 17.7 Å². The van der Waals surface area contributed by atoms with Crippen LogP contribution in [0.2, 0.25) is 0 Å². The minimum absolute atomic E-state index is 0.172. The van der Waals surface area contributed by atoms with Crippen molar-refractivity contribution in [2.75, 3.05) is 6.61 Å². The molecule has 0 saturated heterocycles. The van der Waals surface area contributed by atoms with Crippen LogP contribution in [0.3, 0.4) is 0 Å². The molecule has 0 aliphatic carbocycles. The molecule has 0 aliphatic heterocycles. The van der Waals surface area contributed by atoms with Crippen molar-refractivity contribution in [2.45, 2.75) is 33.0 Å². The van der Waals surface area contributed by atoms with E-state index in [2.05, 4.69) is 42.1 Å². The standard InChI is InChI=1S/C14H21O3P/c1-14(2,3)13(18)11-6-4-5-10(7-11)8-17-9-12(15)16/h4-7,13H,8-9,18H2,1-3H3,(H,15,16). The molecular formula is C14H21O3P. The highest BCUT2D eigenvalue weighted by Crippen LogP contribution is 2.40. The van der Waals surface area contributed by atoms with E-state index in [9.17, 15) is 4.79 Å². The fourth-order valence-electron chi connectivity index (χ4n) is 1.63. The van der Waals surface area contributed by atoms with E-state index in [1.807, 2.05) is 12.1 Å². The Kier molecular flexibility index (Phi) is 5.30. The molecule has 1 N–H and O–H groups in total. The zero-order chi connectivity index (χ0) is 13.8. The first kappa shape index (κ1) is 15.1. The van der Waals surface area contributed by atoms with Gasteiger partial charge < -0.3 is 9.84 Å². The quantitative estimate of drug-likeness (QED) is 0.834. The summed E-state index contributed by atoms with van der Waals surface area (Å²) in [5.41, 5.74) is 2.76. The molecular weight excluding hydrogens is 247 g/mol. The van der Waals surface area contributed by atoms with E-state index < -0.39 is 5.97 Å². The van der Waals surface area contributed by atoms with Gasteiger partial charge >= 0.3 is 5.97 Å². The summed E-state index contributed by atoms with van der Waals surface area (Å²) < 4.78 is 5.10. The number of rotatable bonds is 5. The molecule has 1 aromatic rings. The lowest BCUT2D eigenvalue weighted by molar-refractivity contribution is -0.142. The first-order valence-electron chi connectivity index (χ1n) is 5.94.